The summed E-state index contributed by atoms with van der Waals surface area (Å²) < 4.78 is 13.2. The topological polar surface area (TPSA) is 0 Å². The Morgan fingerprint density at radius 3 is 2.62 bits per heavy atom. The van der Waals surface area contributed by atoms with Crippen molar-refractivity contribution in [3.8, 4) is 0 Å². The quantitative estimate of drug-likeness (QED) is 0.679. The van der Waals surface area contributed by atoms with Gasteiger partial charge in [0, 0.05) is 11.4 Å². The van der Waals surface area contributed by atoms with E-state index in [0.717, 1.165) is 18.4 Å². The molecule has 0 radical (unpaired) electrons. The van der Waals surface area contributed by atoms with Gasteiger partial charge in [0.05, 0.1) is 5.88 Å². The third-order valence-corrected chi connectivity index (χ3v) is 2.46. The van der Waals surface area contributed by atoms with E-state index in [9.17, 15) is 4.39 Å². The Kier molecular flexibility index (Phi) is 4.54. The van der Waals surface area contributed by atoms with Crippen LogP contribution in [0, 0.1) is 5.82 Å². The third kappa shape index (κ3) is 2.85. The molecule has 0 nitrogen and oxygen atoms in total. The summed E-state index contributed by atoms with van der Waals surface area (Å²) in [6.45, 7) is 0. The van der Waals surface area contributed by atoms with E-state index in [1.807, 2.05) is 6.07 Å². The van der Waals surface area contributed by atoms with E-state index in [2.05, 4.69) is 0 Å². The molecule has 1 aromatic carbocycles. The van der Waals surface area contributed by atoms with E-state index in [0.29, 0.717) is 11.4 Å². The minimum absolute atomic E-state index is 0.220. The lowest BCUT2D eigenvalue weighted by Gasteiger charge is -2.06. The highest BCUT2D eigenvalue weighted by molar-refractivity contribution is 6.18. The number of benzene rings is 1. The van der Waals surface area contributed by atoms with Crippen LogP contribution in [-0.2, 0) is 12.3 Å². The maximum absolute atomic E-state index is 13.2. The van der Waals surface area contributed by atoms with Crippen molar-refractivity contribution in [1.29, 1.82) is 0 Å². The van der Waals surface area contributed by atoms with Crippen LogP contribution in [0.1, 0.15) is 17.5 Å². The van der Waals surface area contributed by atoms with Gasteiger partial charge in [-0.05, 0) is 24.5 Å². The minimum Gasteiger partial charge on any atom is -0.207 e. The molecule has 0 aliphatic carbocycles. The summed E-state index contributed by atoms with van der Waals surface area (Å²) in [7, 11) is 0. The van der Waals surface area contributed by atoms with Crippen LogP contribution in [0.4, 0.5) is 4.39 Å². The molecular weight excluding hydrogens is 210 g/mol. The minimum atomic E-state index is -0.220. The van der Waals surface area contributed by atoms with Crippen LogP contribution < -0.4 is 0 Å². The fourth-order valence-electron chi connectivity index (χ4n) is 1.24. The first kappa shape index (κ1) is 10.8. The number of halogens is 3. The molecule has 0 aromatic heterocycles. The van der Waals surface area contributed by atoms with Gasteiger partial charge in [0.2, 0.25) is 0 Å². The second kappa shape index (κ2) is 5.46. The predicted molar refractivity (Wildman–Crippen MR) is 55.0 cm³/mol. The second-order valence-electron chi connectivity index (χ2n) is 2.80. The van der Waals surface area contributed by atoms with Crippen LogP contribution in [0.15, 0.2) is 18.2 Å². The number of hydrogen-bond acceptors (Lipinski definition) is 0. The molecule has 0 atom stereocenters. The Morgan fingerprint density at radius 1 is 1.23 bits per heavy atom. The van der Waals surface area contributed by atoms with Gasteiger partial charge in [-0.15, -0.1) is 23.2 Å². The summed E-state index contributed by atoms with van der Waals surface area (Å²) in [6, 6.07) is 5.03. The summed E-state index contributed by atoms with van der Waals surface area (Å²) in [6.07, 6.45) is 1.65. The first-order valence-electron chi connectivity index (χ1n) is 4.17. The van der Waals surface area contributed by atoms with Gasteiger partial charge in [-0.2, -0.15) is 0 Å². The highest BCUT2D eigenvalue weighted by atomic mass is 35.5. The summed E-state index contributed by atoms with van der Waals surface area (Å²) in [4.78, 5) is 0. The average Bonchev–Trinajstić information content (AvgIpc) is 2.15. The summed E-state index contributed by atoms with van der Waals surface area (Å²) in [5, 5.41) is 0. The van der Waals surface area contributed by atoms with E-state index in [4.69, 9.17) is 23.2 Å². The van der Waals surface area contributed by atoms with Crippen LogP contribution in [0.5, 0.6) is 0 Å². The molecule has 3 heteroatoms. The molecule has 0 bridgehead atoms. The molecule has 0 aliphatic heterocycles. The molecule has 1 rings (SSSR count). The van der Waals surface area contributed by atoms with Gasteiger partial charge >= 0.3 is 0 Å². The van der Waals surface area contributed by atoms with Crippen LogP contribution >= 0.6 is 23.2 Å². The molecule has 0 saturated carbocycles. The van der Waals surface area contributed by atoms with Crippen molar-refractivity contribution in [2.45, 2.75) is 18.7 Å². The normalized spacial score (nSPS) is 10.4. The van der Waals surface area contributed by atoms with Crippen LogP contribution in [0.3, 0.4) is 0 Å². The van der Waals surface area contributed by atoms with E-state index in [1.54, 1.807) is 6.07 Å². The van der Waals surface area contributed by atoms with Crippen molar-refractivity contribution in [1.82, 2.24) is 0 Å². The first-order chi connectivity index (χ1) is 6.29. The third-order valence-electron chi connectivity index (χ3n) is 1.93. The standard InChI is InChI=1S/C10H11Cl2F/c11-6-2-4-8-3-1-5-10(13)9(8)7-12/h1,3,5H,2,4,6-7H2. The first-order valence-corrected chi connectivity index (χ1v) is 5.24. The lowest BCUT2D eigenvalue weighted by molar-refractivity contribution is 0.613. The zero-order valence-corrected chi connectivity index (χ0v) is 8.71. The van der Waals surface area contributed by atoms with Crippen LogP contribution in [-0.4, -0.2) is 5.88 Å². The summed E-state index contributed by atoms with van der Waals surface area (Å²) in [5.74, 6) is 0.602. The van der Waals surface area contributed by atoms with E-state index in [-0.39, 0.29) is 11.7 Å². The largest absolute Gasteiger partial charge is 0.207 e. The van der Waals surface area contributed by atoms with Crippen LogP contribution in [0.2, 0.25) is 0 Å². The molecule has 0 N–H and O–H groups in total. The molecule has 13 heavy (non-hydrogen) atoms. The smallest absolute Gasteiger partial charge is 0.127 e. The number of aryl methyl sites for hydroxylation is 1. The Morgan fingerprint density at radius 2 is 2.00 bits per heavy atom. The predicted octanol–water partition coefficient (Wildman–Crippen LogP) is 3.74. The monoisotopic (exact) mass is 220 g/mol. The molecule has 0 unspecified atom stereocenters. The highest BCUT2D eigenvalue weighted by Gasteiger charge is 2.05. The van der Waals surface area contributed by atoms with Crippen molar-refractivity contribution >= 4 is 23.2 Å². The van der Waals surface area contributed by atoms with Crippen molar-refractivity contribution in [3.05, 3.63) is 35.1 Å². The average molecular weight is 221 g/mol. The van der Waals surface area contributed by atoms with Crippen molar-refractivity contribution in [3.63, 3.8) is 0 Å². The fourth-order valence-corrected chi connectivity index (χ4v) is 1.68. The number of rotatable bonds is 4. The molecule has 0 heterocycles. The van der Waals surface area contributed by atoms with E-state index in [1.165, 1.54) is 6.07 Å². The molecule has 0 spiro atoms. The summed E-state index contributed by atoms with van der Waals surface area (Å²) >= 11 is 11.2. The lowest BCUT2D eigenvalue weighted by atomic mass is 10.0. The molecule has 0 aliphatic rings. The molecule has 1 aromatic rings. The van der Waals surface area contributed by atoms with Gasteiger partial charge in [0.1, 0.15) is 5.82 Å². The molecule has 0 amide bonds. The van der Waals surface area contributed by atoms with Gasteiger partial charge in [0.15, 0.2) is 0 Å². The SMILES string of the molecule is Fc1cccc(CCCCl)c1CCl. The van der Waals surface area contributed by atoms with Crippen molar-refractivity contribution in [2.75, 3.05) is 5.88 Å². The second-order valence-corrected chi connectivity index (χ2v) is 3.45. The number of alkyl halides is 2. The van der Waals surface area contributed by atoms with Crippen LogP contribution in [0.25, 0.3) is 0 Å². The van der Waals surface area contributed by atoms with Gasteiger partial charge in [-0.25, -0.2) is 4.39 Å². The van der Waals surface area contributed by atoms with E-state index < -0.39 is 0 Å². The Labute approximate surface area is 87.7 Å². The lowest BCUT2D eigenvalue weighted by Crippen LogP contribution is -1.96. The van der Waals surface area contributed by atoms with Gasteiger partial charge in [0.25, 0.3) is 0 Å². The summed E-state index contributed by atoms with van der Waals surface area (Å²) in [5.41, 5.74) is 1.57. The maximum Gasteiger partial charge on any atom is 0.127 e. The molecular formula is C10H11Cl2F. The molecule has 0 fully saturated rings. The number of hydrogen-bond donors (Lipinski definition) is 0. The Bertz CT molecular complexity index is 274. The zero-order chi connectivity index (χ0) is 9.68. The maximum atomic E-state index is 13.2. The van der Waals surface area contributed by atoms with Gasteiger partial charge < -0.3 is 0 Å². The van der Waals surface area contributed by atoms with Crippen molar-refractivity contribution in [2.24, 2.45) is 0 Å². The molecule has 72 valence electrons. The zero-order valence-electron chi connectivity index (χ0n) is 7.19. The molecule has 0 saturated heterocycles. The van der Waals surface area contributed by atoms with Gasteiger partial charge in [-0.1, -0.05) is 12.1 Å². The van der Waals surface area contributed by atoms with Gasteiger partial charge in [-0.3, -0.25) is 0 Å². The fraction of sp³-hybridized carbons (Fsp3) is 0.400. The van der Waals surface area contributed by atoms with Crippen molar-refractivity contribution < 1.29 is 4.39 Å². The highest BCUT2D eigenvalue weighted by Crippen LogP contribution is 2.17. The van der Waals surface area contributed by atoms with E-state index >= 15 is 0 Å². The Balaban J connectivity index is 2.85. The Hall–Kier alpha value is -0.270.